The number of nitrogen functional groups attached to an aromatic ring is 1. The second kappa shape index (κ2) is 11.3. The van der Waals surface area contributed by atoms with Crippen molar-refractivity contribution in [1.29, 1.82) is 0 Å². The third kappa shape index (κ3) is 7.05. The maximum Gasteiger partial charge on any atom is 0.418 e. The van der Waals surface area contributed by atoms with Crippen molar-refractivity contribution in [2.24, 2.45) is 5.92 Å². The van der Waals surface area contributed by atoms with Gasteiger partial charge in [0.25, 0.3) is 0 Å². The molecule has 2 aromatic rings. The van der Waals surface area contributed by atoms with Gasteiger partial charge in [-0.15, -0.1) is 0 Å². The van der Waals surface area contributed by atoms with Crippen LogP contribution in [0.1, 0.15) is 57.6 Å². The van der Waals surface area contributed by atoms with Crippen molar-refractivity contribution < 1.29 is 18.0 Å². The fourth-order valence-corrected chi connectivity index (χ4v) is 5.32. The Morgan fingerprint density at radius 1 is 0.947 bits per heavy atom. The molecule has 2 aromatic carbocycles. The summed E-state index contributed by atoms with van der Waals surface area (Å²) in [5, 5.41) is 6.33. The van der Waals surface area contributed by atoms with E-state index in [1.807, 2.05) is 4.90 Å². The molecule has 1 saturated heterocycles. The zero-order chi connectivity index (χ0) is 27.5. The molecule has 1 aliphatic carbocycles. The zero-order valence-corrected chi connectivity index (χ0v) is 22.6. The van der Waals surface area contributed by atoms with E-state index in [4.69, 9.17) is 5.73 Å². The molecule has 0 atom stereocenters. The van der Waals surface area contributed by atoms with Gasteiger partial charge < -0.3 is 26.2 Å². The van der Waals surface area contributed by atoms with Gasteiger partial charge in [0.05, 0.1) is 5.56 Å². The molecule has 0 unspecified atom stereocenters. The molecule has 4 N–H and O–H groups in total. The van der Waals surface area contributed by atoms with E-state index < -0.39 is 11.7 Å². The summed E-state index contributed by atoms with van der Waals surface area (Å²) in [6.07, 6.45) is -0.950. The molecule has 2 fully saturated rings. The first-order valence-corrected chi connectivity index (χ1v) is 13.5. The van der Waals surface area contributed by atoms with E-state index in [1.54, 1.807) is 6.07 Å². The Balaban J connectivity index is 1.17. The van der Waals surface area contributed by atoms with Gasteiger partial charge in [-0.3, -0.25) is 0 Å². The monoisotopic (exact) mass is 531 g/mol. The van der Waals surface area contributed by atoms with Gasteiger partial charge >= 0.3 is 12.2 Å². The van der Waals surface area contributed by atoms with E-state index >= 15 is 0 Å². The Kier molecular flexibility index (Phi) is 8.33. The predicted molar refractivity (Wildman–Crippen MR) is 148 cm³/mol. The molecule has 4 rings (SSSR count). The second-order valence-electron chi connectivity index (χ2n) is 11.6. The van der Waals surface area contributed by atoms with Crippen LogP contribution in [0, 0.1) is 5.92 Å². The van der Waals surface area contributed by atoms with Gasteiger partial charge in [0.15, 0.2) is 0 Å². The van der Waals surface area contributed by atoms with Crippen LogP contribution in [0.3, 0.4) is 0 Å². The number of halogens is 3. The summed E-state index contributed by atoms with van der Waals surface area (Å²) in [5.41, 5.74) is 7.50. The molecule has 38 heavy (non-hydrogen) atoms. The predicted octanol–water partition coefficient (Wildman–Crippen LogP) is 6.09. The van der Waals surface area contributed by atoms with Crippen LogP contribution in [0.2, 0.25) is 0 Å². The molecule has 1 heterocycles. The van der Waals surface area contributed by atoms with Crippen molar-refractivity contribution in [3.8, 4) is 0 Å². The van der Waals surface area contributed by atoms with E-state index in [2.05, 4.69) is 60.6 Å². The lowest BCUT2D eigenvalue weighted by atomic mass is 9.86. The number of carbonyl (C=O) groups excluding carboxylic acids is 1. The first-order chi connectivity index (χ1) is 17.9. The molecule has 9 heteroatoms. The Labute approximate surface area is 223 Å². The van der Waals surface area contributed by atoms with Crippen LogP contribution in [-0.4, -0.2) is 49.7 Å². The Morgan fingerprint density at radius 3 is 2.16 bits per heavy atom. The average molecular weight is 532 g/mol. The minimum atomic E-state index is -4.47. The molecule has 2 aliphatic rings. The minimum absolute atomic E-state index is 0.0190. The van der Waals surface area contributed by atoms with E-state index in [0.29, 0.717) is 31.2 Å². The summed E-state index contributed by atoms with van der Waals surface area (Å²) in [6.45, 7) is 10.2. The molecule has 6 nitrogen and oxygen atoms in total. The summed E-state index contributed by atoms with van der Waals surface area (Å²) in [5.74, 6) is 0.372. The number of nitrogens with zero attached hydrogens (tertiary/aromatic N) is 2. The molecule has 1 saturated carbocycles. The highest BCUT2D eigenvalue weighted by Gasteiger charge is 2.33. The van der Waals surface area contributed by atoms with Crippen LogP contribution in [0.15, 0.2) is 42.5 Å². The number of rotatable bonds is 5. The number of anilines is 3. The highest BCUT2D eigenvalue weighted by atomic mass is 19.4. The van der Waals surface area contributed by atoms with Crippen molar-refractivity contribution in [2.45, 2.75) is 64.1 Å². The third-order valence-corrected chi connectivity index (χ3v) is 7.78. The molecule has 0 spiro atoms. The van der Waals surface area contributed by atoms with Crippen molar-refractivity contribution in [3.63, 3.8) is 0 Å². The number of amides is 2. The number of carbonyl (C=O) groups is 1. The molecular weight excluding hydrogens is 491 g/mol. The highest BCUT2D eigenvalue weighted by molar-refractivity contribution is 5.74. The van der Waals surface area contributed by atoms with Crippen LogP contribution in [0.4, 0.5) is 35.0 Å². The van der Waals surface area contributed by atoms with Crippen LogP contribution in [0.25, 0.3) is 0 Å². The van der Waals surface area contributed by atoms with E-state index in [1.165, 1.54) is 17.3 Å². The SMILES string of the molecule is CC(C)(C)c1ccc(N2CCN(C(=O)NCC3CCC(Nc4ccc(N)c(C(F)(F)F)c4)CC3)CC2)cc1. The second-order valence-corrected chi connectivity index (χ2v) is 11.6. The third-order valence-electron chi connectivity index (χ3n) is 7.78. The van der Waals surface area contributed by atoms with Gasteiger partial charge in [-0.2, -0.15) is 13.2 Å². The zero-order valence-electron chi connectivity index (χ0n) is 22.6. The lowest BCUT2D eigenvalue weighted by Crippen LogP contribution is -2.52. The molecule has 1 aliphatic heterocycles. The topological polar surface area (TPSA) is 73.6 Å². The van der Waals surface area contributed by atoms with Crippen LogP contribution in [0.5, 0.6) is 0 Å². The quantitative estimate of drug-likeness (QED) is 0.409. The van der Waals surface area contributed by atoms with Gasteiger partial charge in [0.2, 0.25) is 0 Å². The number of hydrogen-bond acceptors (Lipinski definition) is 4. The number of hydrogen-bond donors (Lipinski definition) is 3. The van der Waals surface area contributed by atoms with E-state index in [-0.39, 0.29) is 23.2 Å². The summed E-state index contributed by atoms with van der Waals surface area (Å²) in [6, 6.07) is 12.8. The molecule has 0 radical (unpaired) electrons. The molecule has 0 aromatic heterocycles. The maximum atomic E-state index is 13.1. The normalized spacial score (nSPS) is 20.8. The Hall–Kier alpha value is -3.10. The summed E-state index contributed by atoms with van der Waals surface area (Å²) in [7, 11) is 0. The highest BCUT2D eigenvalue weighted by Crippen LogP contribution is 2.36. The number of benzene rings is 2. The molecule has 2 amide bonds. The largest absolute Gasteiger partial charge is 0.418 e. The minimum Gasteiger partial charge on any atom is -0.398 e. The summed E-state index contributed by atoms with van der Waals surface area (Å²) >= 11 is 0. The van der Waals surface area contributed by atoms with Crippen LogP contribution in [-0.2, 0) is 11.6 Å². The first kappa shape index (κ1) is 27.9. The van der Waals surface area contributed by atoms with Crippen molar-refractivity contribution >= 4 is 23.1 Å². The van der Waals surface area contributed by atoms with Crippen molar-refractivity contribution in [1.82, 2.24) is 10.2 Å². The van der Waals surface area contributed by atoms with Crippen molar-refractivity contribution in [2.75, 3.05) is 48.7 Å². The fraction of sp³-hybridized carbons (Fsp3) is 0.552. The van der Waals surface area contributed by atoms with Gasteiger partial charge in [0, 0.05) is 55.8 Å². The Morgan fingerprint density at radius 2 is 1.58 bits per heavy atom. The first-order valence-electron chi connectivity index (χ1n) is 13.5. The molecule has 208 valence electrons. The summed E-state index contributed by atoms with van der Waals surface area (Å²) in [4.78, 5) is 17.0. The number of piperazine rings is 1. The smallest absolute Gasteiger partial charge is 0.398 e. The fourth-order valence-electron chi connectivity index (χ4n) is 5.32. The number of urea groups is 1. The maximum absolute atomic E-state index is 13.1. The number of nitrogens with two attached hydrogens (primary N) is 1. The van der Waals surface area contributed by atoms with Gasteiger partial charge in [0.1, 0.15) is 0 Å². The van der Waals surface area contributed by atoms with Crippen molar-refractivity contribution in [3.05, 3.63) is 53.6 Å². The van der Waals surface area contributed by atoms with Crippen LogP contribution >= 0.6 is 0 Å². The molecular formula is C29H40F3N5O. The lowest BCUT2D eigenvalue weighted by molar-refractivity contribution is -0.136. The van der Waals surface area contributed by atoms with E-state index in [9.17, 15) is 18.0 Å². The summed E-state index contributed by atoms with van der Waals surface area (Å²) < 4.78 is 39.4. The molecule has 0 bridgehead atoms. The van der Waals surface area contributed by atoms with Gasteiger partial charge in [-0.05, 0) is 72.9 Å². The van der Waals surface area contributed by atoms with Gasteiger partial charge in [-0.1, -0.05) is 32.9 Å². The van der Waals surface area contributed by atoms with Gasteiger partial charge in [-0.25, -0.2) is 4.79 Å². The number of alkyl halides is 3. The average Bonchev–Trinajstić information content (AvgIpc) is 2.88. The number of nitrogens with one attached hydrogen (secondary N) is 2. The van der Waals surface area contributed by atoms with E-state index in [0.717, 1.165) is 44.8 Å². The lowest BCUT2D eigenvalue weighted by Gasteiger charge is -2.37. The standard InChI is InChI=1S/C29H40F3N5O/c1-28(2,3)21-6-11-24(12-7-21)36-14-16-37(17-15-36)27(38)34-19-20-4-8-22(9-5-20)35-23-10-13-26(33)25(18-23)29(30,31)32/h6-7,10-13,18,20,22,35H,4-5,8-9,14-17,19,33H2,1-3H3,(H,34,38). The Bertz CT molecular complexity index is 1080. The van der Waals surface area contributed by atoms with Crippen LogP contribution < -0.4 is 21.3 Å².